The van der Waals surface area contributed by atoms with Gasteiger partial charge in [0.15, 0.2) is 0 Å². The van der Waals surface area contributed by atoms with Crippen molar-refractivity contribution >= 4 is 15.9 Å². The van der Waals surface area contributed by atoms with Gasteiger partial charge in [0, 0.05) is 10.9 Å². The van der Waals surface area contributed by atoms with Crippen LogP contribution in [0.2, 0.25) is 0 Å². The summed E-state index contributed by atoms with van der Waals surface area (Å²) in [6, 6.07) is 7.58. The quantitative estimate of drug-likeness (QED) is 0.872. The predicted octanol–water partition coefficient (Wildman–Crippen LogP) is 3.60. The third-order valence-electron chi connectivity index (χ3n) is 3.46. The van der Waals surface area contributed by atoms with Crippen molar-refractivity contribution in [1.29, 1.82) is 0 Å². The smallest absolute Gasteiger partial charge is 0.0895 e. The highest BCUT2D eigenvalue weighted by Crippen LogP contribution is 2.34. The van der Waals surface area contributed by atoms with Crippen LogP contribution in [0.25, 0.3) is 0 Å². The minimum atomic E-state index is -0.999. The molecule has 0 fully saturated rings. The maximum Gasteiger partial charge on any atom is 0.0895 e. The molecule has 3 heteroatoms. The van der Waals surface area contributed by atoms with E-state index in [2.05, 4.69) is 15.9 Å². The van der Waals surface area contributed by atoms with Crippen LogP contribution in [0.4, 0.5) is 0 Å². The van der Waals surface area contributed by atoms with Gasteiger partial charge in [0.05, 0.1) is 11.2 Å². The number of rotatable bonds is 5. The van der Waals surface area contributed by atoms with E-state index in [4.69, 9.17) is 0 Å². The summed E-state index contributed by atoms with van der Waals surface area (Å²) in [6.07, 6.45) is 1.65. The summed E-state index contributed by atoms with van der Waals surface area (Å²) in [5.41, 5.74) is -0.959. The third-order valence-corrected chi connectivity index (χ3v) is 3.98. The van der Waals surface area contributed by atoms with Crippen molar-refractivity contribution in [3.05, 3.63) is 34.3 Å². The van der Waals surface area contributed by atoms with Gasteiger partial charge in [-0.15, -0.1) is 0 Å². The molecule has 0 bridgehead atoms. The molecule has 0 saturated carbocycles. The number of aliphatic hydroxyl groups is 2. The van der Waals surface area contributed by atoms with E-state index in [9.17, 15) is 10.2 Å². The van der Waals surface area contributed by atoms with E-state index in [-0.39, 0.29) is 0 Å². The van der Waals surface area contributed by atoms with Gasteiger partial charge in [-0.05, 0) is 37.5 Å². The molecular formula is C14H21BrO2. The molecule has 0 aromatic heterocycles. The summed E-state index contributed by atoms with van der Waals surface area (Å²) >= 11 is 3.37. The van der Waals surface area contributed by atoms with E-state index in [0.717, 1.165) is 10.0 Å². The monoisotopic (exact) mass is 300 g/mol. The molecule has 0 aliphatic carbocycles. The molecule has 0 heterocycles. The maximum atomic E-state index is 10.5. The van der Waals surface area contributed by atoms with Crippen LogP contribution >= 0.6 is 15.9 Å². The summed E-state index contributed by atoms with van der Waals surface area (Å²) in [5.74, 6) is 0. The van der Waals surface area contributed by atoms with E-state index < -0.39 is 11.2 Å². The van der Waals surface area contributed by atoms with E-state index in [1.54, 1.807) is 6.92 Å². The Kier molecular flexibility index (Phi) is 4.76. The Hall–Kier alpha value is -0.380. The first kappa shape index (κ1) is 14.7. The molecule has 0 spiro atoms. The van der Waals surface area contributed by atoms with Gasteiger partial charge in [0.25, 0.3) is 0 Å². The Morgan fingerprint density at radius 3 is 1.94 bits per heavy atom. The molecule has 0 amide bonds. The van der Waals surface area contributed by atoms with Gasteiger partial charge in [-0.25, -0.2) is 0 Å². The van der Waals surface area contributed by atoms with Crippen LogP contribution in [0.1, 0.15) is 45.6 Å². The maximum absolute atomic E-state index is 10.5. The number of hydrogen-bond donors (Lipinski definition) is 2. The van der Waals surface area contributed by atoms with Crippen LogP contribution in [0, 0.1) is 0 Å². The van der Waals surface area contributed by atoms with E-state index in [1.807, 2.05) is 38.1 Å². The van der Waals surface area contributed by atoms with Gasteiger partial charge < -0.3 is 10.2 Å². The van der Waals surface area contributed by atoms with Gasteiger partial charge in [-0.1, -0.05) is 41.9 Å². The molecule has 0 saturated heterocycles. The van der Waals surface area contributed by atoms with Gasteiger partial charge in [-0.2, -0.15) is 0 Å². The van der Waals surface area contributed by atoms with Gasteiger partial charge >= 0.3 is 0 Å². The lowest BCUT2D eigenvalue weighted by Gasteiger charge is -2.34. The van der Waals surface area contributed by atoms with Crippen LogP contribution in [0.15, 0.2) is 28.7 Å². The van der Waals surface area contributed by atoms with Crippen molar-refractivity contribution in [2.75, 3.05) is 0 Å². The first-order valence-electron chi connectivity index (χ1n) is 6.04. The molecular weight excluding hydrogens is 280 g/mol. The molecule has 1 aromatic rings. The van der Waals surface area contributed by atoms with Crippen LogP contribution in [-0.2, 0) is 5.60 Å². The topological polar surface area (TPSA) is 40.5 Å². The molecule has 0 radical (unpaired) electrons. The van der Waals surface area contributed by atoms with Crippen molar-refractivity contribution in [3.8, 4) is 0 Å². The Balaban J connectivity index is 2.91. The van der Waals surface area contributed by atoms with Gasteiger partial charge in [-0.3, -0.25) is 0 Å². The number of hydrogen-bond acceptors (Lipinski definition) is 2. The summed E-state index contributed by atoms with van der Waals surface area (Å²) in [5, 5.41) is 20.8. The molecule has 1 rings (SSSR count). The highest BCUT2D eigenvalue weighted by molar-refractivity contribution is 9.10. The van der Waals surface area contributed by atoms with Crippen LogP contribution in [0.5, 0.6) is 0 Å². The average molecular weight is 301 g/mol. The molecule has 1 aromatic carbocycles. The first-order valence-corrected chi connectivity index (χ1v) is 6.83. The highest BCUT2D eigenvalue weighted by atomic mass is 79.9. The summed E-state index contributed by atoms with van der Waals surface area (Å²) in [7, 11) is 0. The summed E-state index contributed by atoms with van der Waals surface area (Å²) in [4.78, 5) is 0. The molecule has 0 aliphatic rings. The fourth-order valence-electron chi connectivity index (χ4n) is 2.05. The molecule has 2 nitrogen and oxygen atoms in total. The molecule has 1 unspecified atom stereocenters. The van der Waals surface area contributed by atoms with Crippen molar-refractivity contribution in [2.45, 2.75) is 51.2 Å². The zero-order valence-corrected chi connectivity index (χ0v) is 12.3. The zero-order chi connectivity index (χ0) is 13.1. The van der Waals surface area contributed by atoms with Crippen LogP contribution in [-0.4, -0.2) is 15.8 Å². The van der Waals surface area contributed by atoms with Crippen molar-refractivity contribution in [1.82, 2.24) is 0 Å². The van der Waals surface area contributed by atoms with E-state index >= 15 is 0 Å². The summed E-state index contributed by atoms with van der Waals surface area (Å²) in [6.45, 7) is 5.65. The first-order chi connectivity index (χ1) is 7.83. The third kappa shape index (κ3) is 3.80. The van der Waals surface area contributed by atoms with Crippen molar-refractivity contribution in [3.63, 3.8) is 0 Å². The van der Waals surface area contributed by atoms with Crippen molar-refractivity contribution < 1.29 is 10.2 Å². The Labute approximate surface area is 112 Å². The molecule has 0 aliphatic heterocycles. The van der Waals surface area contributed by atoms with Crippen LogP contribution < -0.4 is 0 Å². The lowest BCUT2D eigenvalue weighted by molar-refractivity contribution is -0.0628. The Bertz CT molecular complexity index is 353. The standard InChI is InChI=1S/C14H21BrO2/c1-4-14(17,5-2)10-13(3,16)11-6-8-12(15)9-7-11/h6-9,16-17H,4-5,10H2,1-3H3. The SMILES string of the molecule is CCC(O)(CC)CC(C)(O)c1ccc(Br)cc1. The minimum absolute atomic E-state index is 0.356. The van der Waals surface area contributed by atoms with Gasteiger partial charge in [0.1, 0.15) is 0 Å². The highest BCUT2D eigenvalue weighted by Gasteiger charge is 2.34. The second-order valence-corrected chi connectivity index (χ2v) is 5.80. The molecule has 1 atom stereocenters. The Morgan fingerprint density at radius 2 is 1.53 bits per heavy atom. The fraction of sp³-hybridized carbons (Fsp3) is 0.571. The average Bonchev–Trinajstić information content (AvgIpc) is 2.29. The van der Waals surface area contributed by atoms with E-state index in [0.29, 0.717) is 19.3 Å². The van der Waals surface area contributed by atoms with Crippen LogP contribution in [0.3, 0.4) is 0 Å². The molecule has 2 N–H and O–H groups in total. The second-order valence-electron chi connectivity index (χ2n) is 4.89. The van der Waals surface area contributed by atoms with Gasteiger partial charge in [0.2, 0.25) is 0 Å². The largest absolute Gasteiger partial charge is 0.390 e. The number of halogens is 1. The zero-order valence-electron chi connectivity index (χ0n) is 10.7. The normalized spacial score (nSPS) is 15.6. The fourth-order valence-corrected chi connectivity index (χ4v) is 2.32. The van der Waals surface area contributed by atoms with Crippen molar-refractivity contribution in [2.24, 2.45) is 0 Å². The predicted molar refractivity (Wildman–Crippen MR) is 73.9 cm³/mol. The minimum Gasteiger partial charge on any atom is -0.390 e. The van der Waals surface area contributed by atoms with E-state index in [1.165, 1.54) is 0 Å². The second kappa shape index (κ2) is 5.51. The lowest BCUT2D eigenvalue weighted by atomic mass is 9.81. The molecule has 17 heavy (non-hydrogen) atoms. The number of benzene rings is 1. The lowest BCUT2D eigenvalue weighted by Crippen LogP contribution is -2.37. The molecule has 96 valence electrons. The summed E-state index contributed by atoms with van der Waals surface area (Å²) < 4.78 is 0.985. The Morgan fingerprint density at radius 1 is 1.06 bits per heavy atom.